The third kappa shape index (κ3) is 15.7. The number of hydrogen-bond acceptors (Lipinski definition) is 2. The van der Waals surface area contributed by atoms with Crippen LogP contribution in [-0.2, 0) is 0 Å². The summed E-state index contributed by atoms with van der Waals surface area (Å²) in [7, 11) is 0. The molecule has 0 radical (unpaired) electrons. The van der Waals surface area contributed by atoms with Gasteiger partial charge in [-0.25, -0.2) is 0 Å². The molecular weight excluding hydrogens is 142 g/mol. The number of rotatable bonds is 5. The molecule has 0 aromatic rings. The Balaban J connectivity index is 0. The zero-order valence-corrected chi connectivity index (χ0v) is 8.55. The molecule has 0 spiro atoms. The Morgan fingerprint density at radius 1 is 1.20 bits per heavy atom. The summed E-state index contributed by atoms with van der Waals surface area (Å²) in [6, 6.07) is 0. The highest BCUT2D eigenvalue weighted by molar-refractivity contribution is 7.99. The lowest BCUT2D eigenvalue weighted by molar-refractivity contribution is 0.768. The lowest BCUT2D eigenvalue weighted by Crippen LogP contribution is -2.15. The van der Waals surface area contributed by atoms with E-state index in [9.17, 15) is 0 Å². The highest BCUT2D eigenvalue weighted by Gasteiger charge is 1.81. The van der Waals surface area contributed by atoms with Crippen LogP contribution in [0, 0.1) is 0 Å². The van der Waals surface area contributed by atoms with E-state index in [-0.39, 0.29) is 0 Å². The highest BCUT2D eigenvalue weighted by Crippen LogP contribution is 1.94. The largest absolute Gasteiger partial charge is 0.316 e. The van der Waals surface area contributed by atoms with Gasteiger partial charge in [0.1, 0.15) is 0 Å². The van der Waals surface area contributed by atoms with Gasteiger partial charge < -0.3 is 5.32 Å². The van der Waals surface area contributed by atoms with Crippen molar-refractivity contribution in [1.82, 2.24) is 5.32 Å². The van der Waals surface area contributed by atoms with Crippen molar-refractivity contribution in [2.45, 2.75) is 27.7 Å². The summed E-state index contributed by atoms with van der Waals surface area (Å²) in [5.74, 6) is 2.50. The number of hydrogen-bond donors (Lipinski definition) is 1. The second-order valence-corrected chi connectivity index (χ2v) is 2.94. The Labute approximate surface area is 70.0 Å². The molecule has 0 saturated heterocycles. The minimum absolute atomic E-state index is 1.10. The topological polar surface area (TPSA) is 12.0 Å². The van der Waals surface area contributed by atoms with Gasteiger partial charge in [-0.2, -0.15) is 11.8 Å². The van der Waals surface area contributed by atoms with Gasteiger partial charge in [0, 0.05) is 12.3 Å². The molecule has 64 valence electrons. The van der Waals surface area contributed by atoms with Gasteiger partial charge in [0.25, 0.3) is 0 Å². The smallest absolute Gasteiger partial charge is 0.00579 e. The van der Waals surface area contributed by atoms with E-state index >= 15 is 0 Å². The van der Waals surface area contributed by atoms with Crippen molar-refractivity contribution in [3.63, 3.8) is 0 Å². The highest BCUT2D eigenvalue weighted by atomic mass is 32.2. The van der Waals surface area contributed by atoms with E-state index in [1.165, 1.54) is 11.5 Å². The third-order valence-corrected chi connectivity index (χ3v) is 1.78. The SMILES string of the molecule is CC.CCNCCSCC. The van der Waals surface area contributed by atoms with Gasteiger partial charge in [0.05, 0.1) is 0 Å². The monoisotopic (exact) mass is 163 g/mol. The first-order valence-corrected chi connectivity index (χ1v) is 5.35. The molecule has 0 unspecified atom stereocenters. The number of thioether (sulfide) groups is 1. The maximum atomic E-state index is 3.26. The number of nitrogens with one attached hydrogen (secondary N) is 1. The van der Waals surface area contributed by atoms with E-state index in [1.807, 2.05) is 25.6 Å². The predicted molar refractivity (Wildman–Crippen MR) is 52.9 cm³/mol. The molecule has 0 bridgehead atoms. The molecular formula is C8H21NS. The first kappa shape index (κ1) is 12.9. The van der Waals surface area contributed by atoms with Crippen LogP contribution in [0.4, 0.5) is 0 Å². The fourth-order valence-corrected chi connectivity index (χ4v) is 1.04. The van der Waals surface area contributed by atoms with Crippen molar-refractivity contribution in [1.29, 1.82) is 0 Å². The fraction of sp³-hybridized carbons (Fsp3) is 1.00. The molecule has 1 nitrogen and oxygen atoms in total. The zero-order valence-electron chi connectivity index (χ0n) is 7.74. The van der Waals surface area contributed by atoms with E-state index in [4.69, 9.17) is 0 Å². The normalized spacial score (nSPS) is 8.40. The van der Waals surface area contributed by atoms with Crippen molar-refractivity contribution in [3.8, 4) is 0 Å². The van der Waals surface area contributed by atoms with Crippen LogP contribution in [-0.4, -0.2) is 24.6 Å². The zero-order chi connectivity index (χ0) is 8.24. The molecule has 0 aliphatic heterocycles. The molecule has 0 rings (SSSR count). The van der Waals surface area contributed by atoms with Gasteiger partial charge in [-0.3, -0.25) is 0 Å². The Bertz CT molecular complexity index is 34.2. The maximum absolute atomic E-state index is 3.26. The first-order chi connectivity index (χ1) is 4.91. The van der Waals surface area contributed by atoms with Crippen molar-refractivity contribution in [3.05, 3.63) is 0 Å². The van der Waals surface area contributed by atoms with Crippen molar-refractivity contribution in [2.24, 2.45) is 0 Å². The summed E-state index contributed by atoms with van der Waals surface area (Å²) in [6.07, 6.45) is 0. The van der Waals surface area contributed by atoms with Crippen molar-refractivity contribution < 1.29 is 0 Å². The molecule has 0 aromatic heterocycles. The predicted octanol–water partition coefficient (Wildman–Crippen LogP) is 2.38. The first-order valence-electron chi connectivity index (χ1n) is 4.20. The molecule has 0 saturated carbocycles. The summed E-state index contributed by atoms with van der Waals surface area (Å²) < 4.78 is 0. The molecule has 0 amide bonds. The van der Waals surface area contributed by atoms with Crippen molar-refractivity contribution in [2.75, 3.05) is 24.6 Å². The van der Waals surface area contributed by atoms with Gasteiger partial charge in [-0.05, 0) is 12.3 Å². The van der Waals surface area contributed by atoms with Crippen LogP contribution < -0.4 is 5.32 Å². The van der Waals surface area contributed by atoms with Gasteiger partial charge in [-0.15, -0.1) is 0 Å². The average Bonchev–Trinajstić information content (AvgIpc) is 2.02. The van der Waals surface area contributed by atoms with Gasteiger partial charge in [0.15, 0.2) is 0 Å². The Morgan fingerprint density at radius 2 is 1.80 bits per heavy atom. The van der Waals surface area contributed by atoms with Gasteiger partial charge in [0.2, 0.25) is 0 Å². The minimum atomic E-state index is 1.10. The standard InChI is InChI=1S/C6H15NS.C2H6/c1-3-7-5-6-8-4-2;1-2/h7H,3-6H2,1-2H3;1-2H3. The molecule has 0 aliphatic rings. The Morgan fingerprint density at radius 3 is 2.20 bits per heavy atom. The fourth-order valence-electron chi connectivity index (χ4n) is 0.465. The van der Waals surface area contributed by atoms with Crippen LogP contribution in [0.1, 0.15) is 27.7 Å². The second-order valence-electron chi connectivity index (χ2n) is 1.55. The second kappa shape index (κ2) is 16.1. The van der Waals surface area contributed by atoms with Crippen LogP contribution in [0.5, 0.6) is 0 Å². The summed E-state index contributed by atoms with van der Waals surface area (Å²) >= 11 is 1.99. The minimum Gasteiger partial charge on any atom is -0.316 e. The van der Waals surface area contributed by atoms with E-state index in [0.29, 0.717) is 0 Å². The molecule has 1 N–H and O–H groups in total. The molecule has 0 heterocycles. The van der Waals surface area contributed by atoms with E-state index in [1.54, 1.807) is 0 Å². The van der Waals surface area contributed by atoms with Crippen molar-refractivity contribution >= 4 is 11.8 Å². The molecule has 0 atom stereocenters. The summed E-state index contributed by atoms with van der Waals surface area (Å²) in [5, 5.41) is 3.26. The van der Waals surface area contributed by atoms with Crippen LogP contribution in [0.15, 0.2) is 0 Å². The van der Waals surface area contributed by atoms with Crippen LogP contribution >= 0.6 is 11.8 Å². The van der Waals surface area contributed by atoms with Gasteiger partial charge in [-0.1, -0.05) is 27.7 Å². The summed E-state index contributed by atoms with van der Waals surface area (Å²) in [4.78, 5) is 0. The molecule has 2 heteroatoms. The molecule has 0 aromatic carbocycles. The van der Waals surface area contributed by atoms with Crippen LogP contribution in [0.25, 0.3) is 0 Å². The lowest BCUT2D eigenvalue weighted by atomic mass is 10.7. The Kier molecular flexibility index (Phi) is 20.9. The molecule has 10 heavy (non-hydrogen) atoms. The lowest BCUT2D eigenvalue weighted by Gasteiger charge is -1.97. The van der Waals surface area contributed by atoms with E-state index < -0.39 is 0 Å². The average molecular weight is 163 g/mol. The van der Waals surface area contributed by atoms with E-state index in [0.717, 1.165) is 13.1 Å². The summed E-state index contributed by atoms with van der Waals surface area (Å²) in [6.45, 7) is 10.6. The van der Waals surface area contributed by atoms with Crippen LogP contribution in [0.3, 0.4) is 0 Å². The van der Waals surface area contributed by atoms with E-state index in [2.05, 4.69) is 19.2 Å². The third-order valence-electron chi connectivity index (χ3n) is 0.877. The summed E-state index contributed by atoms with van der Waals surface area (Å²) in [5.41, 5.74) is 0. The quantitative estimate of drug-likeness (QED) is 0.625. The molecule has 0 aliphatic carbocycles. The van der Waals surface area contributed by atoms with Gasteiger partial charge >= 0.3 is 0 Å². The Hall–Kier alpha value is 0.310. The van der Waals surface area contributed by atoms with Crippen LogP contribution in [0.2, 0.25) is 0 Å². The maximum Gasteiger partial charge on any atom is 0.00579 e. The molecule has 0 fully saturated rings.